The topological polar surface area (TPSA) is 44.9 Å². The molecule has 3 heteroatoms. The molecule has 1 heterocycles. The zero-order valence-electron chi connectivity index (χ0n) is 14.7. The summed E-state index contributed by atoms with van der Waals surface area (Å²) in [7, 11) is 0. The number of aromatic nitrogens is 1. The number of hydrogen-bond donors (Lipinski definition) is 2. The highest BCUT2D eigenvalue weighted by atomic mass is 16.1. The van der Waals surface area contributed by atoms with Crippen molar-refractivity contribution in [3.05, 3.63) is 70.9 Å². The van der Waals surface area contributed by atoms with Gasteiger partial charge in [-0.3, -0.25) is 4.79 Å². The first kappa shape index (κ1) is 16.3. The van der Waals surface area contributed by atoms with Crippen molar-refractivity contribution in [3.63, 3.8) is 0 Å². The molecule has 0 saturated heterocycles. The minimum Gasteiger partial charge on any atom is -0.358 e. The molecule has 3 aromatic rings. The number of amides is 1. The smallest absolute Gasteiger partial charge is 0.251 e. The van der Waals surface area contributed by atoms with Crippen molar-refractivity contribution in [3.8, 4) is 0 Å². The van der Waals surface area contributed by atoms with E-state index in [1.54, 1.807) is 0 Å². The summed E-state index contributed by atoms with van der Waals surface area (Å²) in [4.78, 5) is 15.9. The average Bonchev–Trinajstić information content (AvgIpc) is 2.89. The Balaban J connectivity index is 1.83. The molecular formula is C21H24N2O. The van der Waals surface area contributed by atoms with E-state index in [1.165, 1.54) is 10.9 Å². The third-order valence-electron chi connectivity index (χ3n) is 4.54. The van der Waals surface area contributed by atoms with Crippen LogP contribution in [0.1, 0.15) is 41.0 Å². The van der Waals surface area contributed by atoms with Crippen LogP contribution in [-0.2, 0) is 5.41 Å². The van der Waals surface area contributed by atoms with Gasteiger partial charge in [0.1, 0.15) is 0 Å². The van der Waals surface area contributed by atoms with Crippen LogP contribution in [0, 0.1) is 13.8 Å². The maximum absolute atomic E-state index is 12.4. The maximum atomic E-state index is 12.4. The summed E-state index contributed by atoms with van der Waals surface area (Å²) in [6.45, 7) is 9.02. The fourth-order valence-electron chi connectivity index (χ4n) is 3.43. The van der Waals surface area contributed by atoms with Crippen LogP contribution in [0.4, 0.5) is 0 Å². The van der Waals surface area contributed by atoms with Gasteiger partial charge in [0, 0.05) is 34.1 Å². The van der Waals surface area contributed by atoms with Gasteiger partial charge in [0.15, 0.2) is 0 Å². The van der Waals surface area contributed by atoms with Gasteiger partial charge in [-0.05, 0) is 37.6 Å². The van der Waals surface area contributed by atoms with Crippen LogP contribution in [-0.4, -0.2) is 17.4 Å². The Morgan fingerprint density at radius 2 is 1.83 bits per heavy atom. The molecule has 0 saturated carbocycles. The van der Waals surface area contributed by atoms with E-state index in [9.17, 15) is 4.79 Å². The number of hydrogen-bond acceptors (Lipinski definition) is 1. The molecule has 0 radical (unpaired) electrons. The molecule has 0 aliphatic carbocycles. The third kappa shape index (κ3) is 3.07. The second kappa shape index (κ2) is 6.16. The van der Waals surface area contributed by atoms with Crippen molar-refractivity contribution in [1.29, 1.82) is 0 Å². The van der Waals surface area contributed by atoms with Gasteiger partial charge in [0.25, 0.3) is 5.91 Å². The molecular weight excluding hydrogens is 296 g/mol. The van der Waals surface area contributed by atoms with Crippen LogP contribution < -0.4 is 5.32 Å². The molecule has 124 valence electrons. The molecule has 0 spiro atoms. The number of aryl methyl sites for hydroxylation is 2. The highest BCUT2D eigenvalue weighted by Gasteiger charge is 2.27. The van der Waals surface area contributed by atoms with Gasteiger partial charge >= 0.3 is 0 Å². The molecule has 2 aromatic carbocycles. The van der Waals surface area contributed by atoms with Crippen molar-refractivity contribution in [2.24, 2.45) is 0 Å². The van der Waals surface area contributed by atoms with Gasteiger partial charge in [-0.25, -0.2) is 0 Å². The number of benzene rings is 2. The van der Waals surface area contributed by atoms with Gasteiger partial charge in [-0.1, -0.05) is 49.7 Å². The van der Waals surface area contributed by atoms with Crippen LogP contribution in [0.25, 0.3) is 10.9 Å². The van der Waals surface area contributed by atoms with Crippen LogP contribution in [0.5, 0.6) is 0 Å². The molecule has 3 nitrogen and oxygen atoms in total. The monoisotopic (exact) mass is 320 g/mol. The summed E-state index contributed by atoms with van der Waals surface area (Å²) >= 11 is 0. The van der Waals surface area contributed by atoms with Crippen molar-refractivity contribution in [2.45, 2.75) is 33.1 Å². The lowest BCUT2D eigenvalue weighted by atomic mass is 9.82. The molecule has 0 unspecified atom stereocenters. The Morgan fingerprint density at radius 3 is 2.58 bits per heavy atom. The first-order valence-electron chi connectivity index (χ1n) is 8.31. The third-order valence-corrected chi connectivity index (χ3v) is 4.54. The number of nitrogens with one attached hydrogen (secondary N) is 2. The molecule has 0 bridgehead atoms. The normalized spacial score (nSPS) is 11.7. The number of fused-ring (bicyclic) bond motifs is 1. The largest absolute Gasteiger partial charge is 0.358 e. The lowest BCUT2D eigenvalue weighted by Crippen LogP contribution is -2.37. The molecule has 2 N–H and O–H groups in total. The van der Waals surface area contributed by atoms with E-state index in [0.29, 0.717) is 12.1 Å². The number of para-hydroxylation sites is 1. The van der Waals surface area contributed by atoms with E-state index in [2.05, 4.69) is 49.3 Å². The van der Waals surface area contributed by atoms with Gasteiger partial charge in [-0.2, -0.15) is 0 Å². The molecule has 1 amide bonds. The van der Waals surface area contributed by atoms with Crippen molar-refractivity contribution in [2.75, 3.05) is 6.54 Å². The maximum Gasteiger partial charge on any atom is 0.251 e. The number of rotatable bonds is 4. The number of H-pyrrole nitrogens is 1. The lowest BCUT2D eigenvalue weighted by Gasteiger charge is -2.26. The van der Waals surface area contributed by atoms with Crippen LogP contribution in [0.3, 0.4) is 0 Å². The fourth-order valence-corrected chi connectivity index (χ4v) is 3.43. The van der Waals surface area contributed by atoms with Crippen molar-refractivity contribution < 1.29 is 4.79 Å². The molecule has 1 aromatic heterocycles. The van der Waals surface area contributed by atoms with E-state index in [0.717, 1.165) is 16.8 Å². The summed E-state index contributed by atoms with van der Waals surface area (Å²) in [5.41, 5.74) is 5.20. The van der Waals surface area contributed by atoms with E-state index in [1.807, 2.05) is 37.3 Å². The predicted molar refractivity (Wildman–Crippen MR) is 99.6 cm³/mol. The van der Waals surface area contributed by atoms with Gasteiger partial charge in [0.05, 0.1) is 0 Å². The molecule has 0 atom stereocenters. The minimum absolute atomic E-state index is 0.0238. The van der Waals surface area contributed by atoms with Gasteiger partial charge in [0.2, 0.25) is 0 Å². The van der Waals surface area contributed by atoms with E-state index in [4.69, 9.17) is 0 Å². The minimum atomic E-state index is -0.164. The van der Waals surface area contributed by atoms with E-state index >= 15 is 0 Å². The summed E-state index contributed by atoms with van der Waals surface area (Å²) in [6.07, 6.45) is 0. The Hall–Kier alpha value is -2.55. The Morgan fingerprint density at radius 1 is 1.08 bits per heavy atom. The fraction of sp³-hybridized carbons (Fsp3) is 0.286. The average molecular weight is 320 g/mol. The van der Waals surface area contributed by atoms with Crippen LogP contribution in [0.15, 0.2) is 48.5 Å². The summed E-state index contributed by atoms with van der Waals surface area (Å²) in [5, 5.41) is 4.32. The predicted octanol–water partition coefficient (Wildman–Crippen LogP) is 4.49. The molecule has 0 aliphatic heterocycles. The molecule has 0 fully saturated rings. The standard InChI is InChI=1S/C21H24N2O/c1-14-8-7-9-16(12-14)20(24)22-13-21(3,4)19-15(2)23-18-11-6-5-10-17(18)19/h5-12,23H,13H2,1-4H3,(H,22,24). The van der Waals surface area contributed by atoms with E-state index < -0.39 is 0 Å². The zero-order valence-corrected chi connectivity index (χ0v) is 14.7. The van der Waals surface area contributed by atoms with E-state index in [-0.39, 0.29) is 11.3 Å². The zero-order chi connectivity index (χ0) is 17.3. The van der Waals surface area contributed by atoms with Gasteiger partial charge in [-0.15, -0.1) is 0 Å². The van der Waals surface area contributed by atoms with Gasteiger partial charge < -0.3 is 10.3 Å². The number of aromatic amines is 1. The highest BCUT2D eigenvalue weighted by Crippen LogP contribution is 2.33. The molecule has 3 rings (SSSR count). The first-order chi connectivity index (χ1) is 11.4. The second-order valence-electron chi connectivity index (χ2n) is 7.11. The first-order valence-corrected chi connectivity index (χ1v) is 8.31. The molecule has 0 aliphatic rings. The van der Waals surface area contributed by atoms with Crippen LogP contribution >= 0.6 is 0 Å². The number of carbonyl (C=O) groups is 1. The summed E-state index contributed by atoms with van der Waals surface area (Å²) < 4.78 is 0. The Bertz CT molecular complexity index is 890. The number of carbonyl (C=O) groups excluding carboxylic acids is 1. The Kier molecular flexibility index (Phi) is 4.18. The Labute approximate surface area is 143 Å². The quantitative estimate of drug-likeness (QED) is 0.731. The summed E-state index contributed by atoms with van der Waals surface area (Å²) in [6, 6.07) is 16.0. The lowest BCUT2D eigenvalue weighted by molar-refractivity contribution is 0.0945. The second-order valence-corrected chi connectivity index (χ2v) is 7.11. The highest BCUT2D eigenvalue weighted by molar-refractivity contribution is 5.94. The van der Waals surface area contributed by atoms with Crippen molar-refractivity contribution in [1.82, 2.24) is 10.3 Å². The SMILES string of the molecule is Cc1cccc(C(=O)NCC(C)(C)c2c(C)[nH]c3ccccc23)c1. The summed E-state index contributed by atoms with van der Waals surface area (Å²) in [5.74, 6) is -0.0238. The van der Waals surface area contributed by atoms with Crippen molar-refractivity contribution >= 4 is 16.8 Å². The van der Waals surface area contributed by atoms with Crippen LogP contribution in [0.2, 0.25) is 0 Å². The molecule has 24 heavy (non-hydrogen) atoms.